The topological polar surface area (TPSA) is 62.5 Å². The van der Waals surface area contributed by atoms with Gasteiger partial charge < -0.3 is 10.4 Å². The molecule has 0 aromatic carbocycles. The maximum Gasteiger partial charge on any atom is 0.287 e. The zero-order valence-electron chi connectivity index (χ0n) is 9.19. The van der Waals surface area contributed by atoms with Crippen molar-refractivity contribution >= 4 is 11.6 Å². The van der Waals surface area contributed by atoms with Gasteiger partial charge in [0.1, 0.15) is 6.61 Å². The van der Waals surface area contributed by atoms with E-state index < -0.39 is 19.1 Å². The molecule has 0 aliphatic rings. The second-order valence-corrected chi connectivity index (χ2v) is 3.76. The lowest BCUT2D eigenvalue weighted by Gasteiger charge is -2.12. The highest BCUT2D eigenvalue weighted by atomic mass is 19.3. The van der Waals surface area contributed by atoms with Crippen molar-refractivity contribution in [3.05, 3.63) is 23.9 Å². The van der Waals surface area contributed by atoms with Crippen molar-refractivity contribution in [1.29, 1.82) is 0 Å². The highest BCUT2D eigenvalue weighted by Crippen LogP contribution is 2.14. The summed E-state index contributed by atoms with van der Waals surface area (Å²) in [5.41, 5.74) is 1.52. The standard InChI is InChI=1S/C10H12F2N4O/c1-7-3-2-4-16-8(7)14-9(15-16)13-5-10(11,12)6-17/h2-4,17H,5-6H2,1H3,(H,13,15). The van der Waals surface area contributed by atoms with Crippen LogP contribution in [0.25, 0.3) is 5.65 Å². The zero-order chi connectivity index (χ0) is 12.5. The van der Waals surface area contributed by atoms with Crippen LogP contribution in [0, 0.1) is 6.92 Å². The Balaban J connectivity index is 2.18. The highest BCUT2D eigenvalue weighted by Gasteiger charge is 2.27. The maximum absolute atomic E-state index is 12.8. The van der Waals surface area contributed by atoms with Crippen molar-refractivity contribution in [2.45, 2.75) is 12.8 Å². The molecule has 0 unspecified atom stereocenters. The SMILES string of the molecule is Cc1cccn2nc(NCC(F)(F)CO)nc12. The predicted octanol–water partition coefficient (Wildman–Crippen LogP) is 1.08. The third-order valence-corrected chi connectivity index (χ3v) is 2.29. The first-order valence-electron chi connectivity index (χ1n) is 5.06. The number of rotatable bonds is 4. The van der Waals surface area contributed by atoms with E-state index in [1.807, 2.05) is 13.0 Å². The van der Waals surface area contributed by atoms with Gasteiger partial charge in [0.05, 0.1) is 6.54 Å². The molecule has 0 spiro atoms. The Hall–Kier alpha value is -1.76. The summed E-state index contributed by atoms with van der Waals surface area (Å²) >= 11 is 0. The Morgan fingerprint density at radius 1 is 1.53 bits per heavy atom. The molecule has 2 rings (SSSR count). The van der Waals surface area contributed by atoms with Crippen molar-refractivity contribution in [3.8, 4) is 0 Å². The summed E-state index contributed by atoms with van der Waals surface area (Å²) in [4.78, 5) is 4.08. The average molecular weight is 242 g/mol. The lowest BCUT2D eigenvalue weighted by atomic mass is 10.3. The number of halogens is 2. The number of aliphatic hydroxyl groups excluding tert-OH is 1. The fourth-order valence-electron chi connectivity index (χ4n) is 1.38. The van der Waals surface area contributed by atoms with E-state index in [1.165, 1.54) is 4.52 Å². The van der Waals surface area contributed by atoms with Gasteiger partial charge in [-0.2, -0.15) is 4.98 Å². The van der Waals surface area contributed by atoms with Gasteiger partial charge >= 0.3 is 0 Å². The van der Waals surface area contributed by atoms with Crippen molar-refractivity contribution < 1.29 is 13.9 Å². The fraction of sp³-hybridized carbons (Fsp3) is 0.400. The number of nitrogens with one attached hydrogen (secondary N) is 1. The molecule has 0 aliphatic heterocycles. The van der Waals surface area contributed by atoms with Crippen LogP contribution >= 0.6 is 0 Å². The summed E-state index contributed by atoms with van der Waals surface area (Å²) in [5, 5.41) is 14.8. The molecule has 0 aliphatic carbocycles. The van der Waals surface area contributed by atoms with E-state index in [-0.39, 0.29) is 5.95 Å². The van der Waals surface area contributed by atoms with Crippen LogP contribution in [-0.2, 0) is 0 Å². The highest BCUT2D eigenvalue weighted by molar-refractivity contribution is 5.49. The fourth-order valence-corrected chi connectivity index (χ4v) is 1.38. The summed E-state index contributed by atoms with van der Waals surface area (Å²) in [7, 11) is 0. The minimum atomic E-state index is -3.17. The number of pyridine rings is 1. The molecule has 0 bridgehead atoms. The van der Waals surface area contributed by atoms with Crippen LogP contribution in [0.2, 0.25) is 0 Å². The van der Waals surface area contributed by atoms with Crippen molar-refractivity contribution in [1.82, 2.24) is 14.6 Å². The summed E-state index contributed by atoms with van der Waals surface area (Å²) < 4.78 is 27.1. The van der Waals surface area contributed by atoms with Crippen LogP contribution < -0.4 is 5.32 Å². The first-order chi connectivity index (χ1) is 8.02. The number of aryl methyl sites for hydroxylation is 1. The molecule has 92 valence electrons. The molecule has 2 N–H and O–H groups in total. The molecule has 0 atom stereocenters. The first kappa shape index (κ1) is 11.7. The van der Waals surface area contributed by atoms with Crippen LogP contribution in [0.4, 0.5) is 14.7 Å². The van der Waals surface area contributed by atoms with Crippen molar-refractivity contribution in [2.24, 2.45) is 0 Å². The predicted molar refractivity (Wildman–Crippen MR) is 58.2 cm³/mol. The van der Waals surface area contributed by atoms with E-state index >= 15 is 0 Å². The molecule has 0 saturated heterocycles. The van der Waals surface area contributed by atoms with E-state index in [0.29, 0.717) is 5.65 Å². The maximum atomic E-state index is 12.8. The Labute approximate surface area is 96.1 Å². The molecule has 2 aromatic heterocycles. The molecule has 5 nitrogen and oxygen atoms in total. The molecule has 2 heterocycles. The third kappa shape index (κ3) is 2.50. The summed E-state index contributed by atoms with van der Waals surface area (Å²) in [5.74, 6) is -3.06. The van der Waals surface area contributed by atoms with Gasteiger partial charge in [0, 0.05) is 6.20 Å². The number of aromatic nitrogens is 3. The number of anilines is 1. The van der Waals surface area contributed by atoms with E-state index in [2.05, 4.69) is 15.4 Å². The number of nitrogens with zero attached hydrogens (tertiary/aromatic N) is 3. The monoisotopic (exact) mass is 242 g/mol. The van der Waals surface area contributed by atoms with Crippen molar-refractivity contribution in [3.63, 3.8) is 0 Å². The van der Waals surface area contributed by atoms with Crippen LogP contribution in [-0.4, -0.2) is 38.8 Å². The number of hydrogen-bond acceptors (Lipinski definition) is 4. The van der Waals surface area contributed by atoms with Crippen LogP contribution in [0.5, 0.6) is 0 Å². The minimum absolute atomic E-state index is 0.118. The van der Waals surface area contributed by atoms with E-state index in [0.717, 1.165) is 5.56 Å². The average Bonchev–Trinajstić information content (AvgIpc) is 2.71. The summed E-state index contributed by atoms with van der Waals surface area (Å²) in [6.45, 7) is -0.0397. The first-order valence-corrected chi connectivity index (χ1v) is 5.06. The minimum Gasteiger partial charge on any atom is -0.390 e. The normalized spacial score (nSPS) is 12.0. The molecule has 2 aromatic rings. The molecule has 0 amide bonds. The van der Waals surface area contributed by atoms with Gasteiger partial charge in [-0.1, -0.05) is 6.07 Å². The molecule has 0 radical (unpaired) electrons. The quantitative estimate of drug-likeness (QED) is 0.842. The molecule has 0 saturated carbocycles. The second-order valence-electron chi connectivity index (χ2n) is 3.76. The smallest absolute Gasteiger partial charge is 0.287 e. The van der Waals surface area contributed by atoms with Gasteiger partial charge in [0.25, 0.3) is 5.92 Å². The third-order valence-electron chi connectivity index (χ3n) is 2.29. The molecule has 7 heteroatoms. The van der Waals surface area contributed by atoms with Crippen molar-refractivity contribution in [2.75, 3.05) is 18.5 Å². The Morgan fingerprint density at radius 2 is 2.29 bits per heavy atom. The molecular formula is C10H12F2N4O. The second kappa shape index (κ2) is 4.25. The van der Waals surface area contributed by atoms with Crippen LogP contribution in [0.15, 0.2) is 18.3 Å². The lowest BCUT2D eigenvalue weighted by Crippen LogP contribution is -2.31. The molecular weight excluding hydrogens is 230 g/mol. The number of alkyl halides is 2. The molecule has 17 heavy (non-hydrogen) atoms. The van der Waals surface area contributed by atoms with Gasteiger partial charge in [0.2, 0.25) is 5.95 Å². The summed E-state index contributed by atoms with van der Waals surface area (Å²) in [6, 6.07) is 3.65. The van der Waals surface area contributed by atoms with Crippen LogP contribution in [0.3, 0.4) is 0 Å². The Kier molecular flexibility index (Phi) is 2.93. The summed E-state index contributed by atoms with van der Waals surface area (Å²) in [6.07, 6.45) is 1.69. The number of aliphatic hydroxyl groups is 1. The number of fused-ring (bicyclic) bond motifs is 1. The van der Waals surface area contributed by atoms with Crippen LogP contribution in [0.1, 0.15) is 5.56 Å². The largest absolute Gasteiger partial charge is 0.390 e. The lowest BCUT2D eigenvalue weighted by molar-refractivity contribution is -0.0374. The number of hydrogen-bond donors (Lipinski definition) is 2. The Bertz CT molecular complexity index is 526. The van der Waals surface area contributed by atoms with E-state index in [1.54, 1.807) is 12.3 Å². The van der Waals surface area contributed by atoms with Gasteiger partial charge in [0.15, 0.2) is 5.65 Å². The van der Waals surface area contributed by atoms with Gasteiger partial charge in [-0.05, 0) is 18.6 Å². The van der Waals surface area contributed by atoms with E-state index in [4.69, 9.17) is 5.11 Å². The Morgan fingerprint density at radius 3 is 2.94 bits per heavy atom. The van der Waals surface area contributed by atoms with E-state index in [9.17, 15) is 8.78 Å². The van der Waals surface area contributed by atoms with Gasteiger partial charge in [-0.15, -0.1) is 5.10 Å². The molecule has 0 fully saturated rings. The van der Waals surface area contributed by atoms with Gasteiger partial charge in [-0.25, -0.2) is 13.3 Å². The zero-order valence-corrected chi connectivity index (χ0v) is 9.19. The van der Waals surface area contributed by atoms with Gasteiger partial charge in [-0.3, -0.25) is 0 Å².